The highest BCUT2D eigenvalue weighted by Gasteiger charge is 2.45. The van der Waals surface area contributed by atoms with Gasteiger partial charge in [0.15, 0.2) is 25.7 Å². The van der Waals surface area contributed by atoms with Gasteiger partial charge in [0.25, 0.3) is 5.95 Å². The summed E-state index contributed by atoms with van der Waals surface area (Å²) in [5, 5.41) is 28.7. The van der Waals surface area contributed by atoms with Crippen molar-refractivity contribution in [3.8, 4) is 17.8 Å². The van der Waals surface area contributed by atoms with E-state index in [0.717, 1.165) is 10.2 Å². The van der Waals surface area contributed by atoms with Crippen molar-refractivity contribution in [1.29, 1.82) is 5.26 Å². The van der Waals surface area contributed by atoms with E-state index in [2.05, 4.69) is 78.3 Å². The molecular formula is C35H45FN8O5Si. The number of nitrogens with zero attached hydrogens (tertiary/aromatic N) is 5. The number of hydrogen-bond acceptors (Lipinski definition) is 9. The zero-order chi connectivity index (χ0) is 36.6. The lowest BCUT2D eigenvalue weighted by Crippen LogP contribution is -2.48. The van der Waals surface area contributed by atoms with Gasteiger partial charge in [0, 0.05) is 30.2 Å². The molecule has 0 bridgehead atoms. The molecule has 0 saturated carbocycles. The van der Waals surface area contributed by atoms with Crippen molar-refractivity contribution < 1.29 is 23.5 Å². The van der Waals surface area contributed by atoms with Gasteiger partial charge in [-0.15, -0.1) is 9.78 Å². The maximum absolute atomic E-state index is 16.6. The van der Waals surface area contributed by atoms with Crippen LogP contribution in [0.5, 0.6) is 5.75 Å². The van der Waals surface area contributed by atoms with Crippen LogP contribution in [0.25, 0.3) is 5.95 Å². The van der Waals surface area contributed by atoms with Gasteiger partial charge in [0.05, 0.1) is 18.2 Å². The van der Waals surface area contributed by atoms with Crippen molar-refractivity contribution in [1.82, 2.24) is 30.0 Å². The molecule has 0 radical (unpaired) electrons. The van der Waals surface area contributed by atoms with E-state index in [1.807, 2.05) is 6.92 Å². The van der Waals surface area contributed by atoms with Crippen molar-refractivity contribution in [3.05, 3.63) is 93.2 Å². The molecule has 2 aromatic carbocycles. The molecule has 2 heterocycles. The summed E-state index contributed by atoms with van der Waals surface area (Å²) in [5.41, 5.74) is 2.49. The topological polar surface area (TPSA) is 180 Å². The Hall–Kier alpha value is -5.07. The Labute approximate surface area is 292 Å². The second-order valence-corrected chi connectivity index (χ2v) is 18.3. The van der Waals surface area contributed by atoms with Crippen LogP contribution >= 0.6 is 0 Å². The molecule has 4 N–H and O–H groups in total. The number of carbonyl (C=O) groups is 1. The summed E-state index contributed by atoms with van der Waals surface area (Å²) in [6.07, 6.45) is 2.24. The van der Waals surface area contributed by atoms with Crippen LogP contribution in [-0.2, 0) is 17.4 Å². The van der Waals surface area contributed by atoms with Crippen LogP contribution in [0, 0.1) is 17.1 Å². The number of H-pyrrole nitrogens is 1. The highest BCUT2D eigenvalue weighted by atomic mass is 28.4. The number of carboxylic acid groups (broad SMARTS) is 1. The second-order valence-electron chi connectivity index (χ2n) is 12.9. The van der Waals surface area contributed by atoms with E-state index in [-0.39, 0.29) is 41.8 Å². The molecule has 1 unspecified atom stereocenters. The molecule has 4 aromatic rings. The molecule has 13 nitrogen and oxygen atoms in total. The molecule has 4 rings (SSSR count). The predicted molar refractivity (Wildman–Crippen MR) is 190 cm³/mol. The van der Waals surface area contributed by atoms with Crippen LogP contribution in [0.1, 0.15) is 82.6 Å². The Kier molecular flexibility index (Phi) is 12.5. The maximum atomic E-state index is 16.6. The molecule has 1 atom stereocenters. The number of nitrogens with one attached hydrogen (secondary N) is 3. The van der Waals surface area contributed by atoms with Crippen molar-refractivity contribution in [2.75, 3.05) is 18.5 Å². The Balaban J connectivity index is 1.76. The number of anilines is 1. The van der Waals surface area contributed by atoms with Crippen molar-refractivity contribution in [2.24, 2.45) is 0 Å². The number of aromatic amines is 1. The first kappa shape index (κ1) is 37.7. The zero-order valence-corrected chi connectivity index (χ0v) is 30.5. The average molecular weight is 705 g/mol. The number of aryl methyl sites for hydroxylation is 1. The summed E-state index contributed by atoms with van der Waals surface area (Å²) in [6, 6.07) is 10.6. The normalized spacial score (nSPS) is 12.3. The fourth-order valence-corrected chi connectivity index (χ4v) is 12.1. The Morgan fingerprint density at radius 2 is 1.76 bits per heavy atom. The van der Waals surface area contributed by atoms with Gasteiger partial charge >= 0.3 is 11.8 Å². The lowest BCUT2D eigenvalue weighted by Gasteiger charge is -2.42. The van der Waals surface area contributed by atoms with E-state index < -0.39 is 32.0 Å². The molecule has 2 aromatic heterocycles. The minimum absolute atomic E-state index is 0.0229. The highest BCUT2D eigenvalue weighted by Crippen LogP contribution is 2.42. The van der Waals surface area contributed by atoms with Gasteiger partial charge in [-0.05, 0) is 64.5 Å². The number of amides is 1. The van der Waals surface area contributed by atoms with Gasteiger partial charge in [-0.3, -0.25) is 4.98 Å². The minimum atomic E-state index is -2.16. The molecule has 266 valence electrons. The highest BCUT2D eigenvalue weighted by molar-refractivity contribution is 6.77. The molecule has 0 saturated heterocycles. The smallest absolute Gasteiger partial charge is 0.404 e. The second kappa shape index (κ2) is 16.6. The molecule has 0 aliphatic heterocycles. The molecule has 50 heavy (non-hydrogen) atoms. The van der Waals surface area contributed by atoms with Gasteiger partial charge < -0.3 is 24.9 Å². The lowest BCUT2D eigenvalue weighted by molar-refractivity contribution is 0.193. The monoisotopic (exact) mass is 704 g/mol. The summed E-state index contributed by atoms with van der Waals surface area (Å²) in [4.78, 5) is 35.2. The average Bonchev–Trinajstić information content (AvgIpc) is 3.47. The van der Waals surface area contributed by atoms with Gasteiger partial charge in [-0.2, -0.15) is 5.26 Å². The third-order valence-corrected chi connectivity index (χ3v) is 15.0. The molecule has 0 aliphatic carbocycles. The predicted octanol–water partition coefficient (Wildman–Crippen LogP) is 6.46. The minimum Gasteiger partial charge on any atom is -0.488 e. The van der Waals surface area contributed by atoms with E-state index in [0.29, 0.717) is 40.9 Å². The first-order valence-corrected chi connectivity index (χ1v) is 18.8. The van der Waals surface area contributed by atoms with Crippen LogP contribution in [-0.4, -0.2) is 57.5 Å². The quantitative estimate of drug-likeness (QED) is 0.0746. The van der Waals surface area contributed by atoms with Crippen LogP contribution < -0.4 is 21.1 Å². The number of aromatic nitrogens is 5. The molecule has 1 amide bonds. The van der Waals surface area contributed by atoms with E-state index in [4.69, 9.17) is 14.3 Å². The van der Waals surface area contributed by atoms with E-state index in [1.165, 1.54) is 18.5 Å². The van der Waals surface area contributed by atoms with E-state index in [9.17, 15) is 14.9 Å². The summed E-state index contributed by atoms with van der Waals surface area (Å²) in [5.74, 6) is -0.553. The molecular weight excluding hydrogens is 660 g/mol. The third-order valence-electron chi connectivity index (χ3n) is 8.86. The van der Waals surface area contributed by atoms with Crippen molar-refractivity contribution in [2.45, 2.75) is 84.1 Å². The first-order valence-electron chi connectivity index (χ1n) is 16.6. The number of hydrogen-bond donors (Lipinski definition) is 4. The largest absolute Gasteiger partial charge is 0.488 e. The van der Waals surface area contributed by atoms with Crippen LogP contribution in [0.15, 0.2) is 53.6 Å². The zero-order valence-electron chi connectivity index (χ0n) is 29.5. The number of benzene rings is 2. The molecule has 0 aliphatic rings. The third kappa shape index (κ3) is 8.37. The van der Waals surface area contributed by atoms with Gasteiger partial charge in [0.1, 0.15) is 12.6 Å². The summed E-state index contributed by atoms with van der Waals surface area (Å²) in [6.45, 7) is 15.4. The SMILES string of the molecule is CCc1cc(OCCO[Si](C(C)C)(C(C)C)C(C)C)c(F)c(C(Nc2ccc(C#N)c(CNC(=O)O)c2)c2nn(-c3ncccn3)c(=O)[nH]2)c1. The van der Waals surface area contributed by atoms with Crippen LogP contribution in [0.2, 0.25) is 16.6 Å². The van der Waals surface area contributed by atoms with E-state index in [1.54, 1.807) is 30.3 Å². The first-order chi connectivity index (χ1) is 23.8. The number of halogens is 1. The molecule has 15 heteroatoms. The molecule has 0 fully saturated rings. The summed E-state index contributed by atoms with van der Waals surface area (Å²) < 4.78 is 30.3. The van der Waals surface area contributed by atoms with Gasteiger partial charge in [-0.25, -0.2) is 23.9 Å². The van der Waals surface area contributed by atoms with Crippen LogP contribution in [0.3, 0.4) is 0 Å². The number of nitriles is 1. The number of ether oxygens (including phenoxy) is 1. The Bertz CT molecular complexity index is 1850. The van der Waals surface area contributed by atoms with Crippen molar-refractivity contribution in [3.63, 3.8) is 0 Å². The Morgan fingerprint density at radius 1 is 1.08 bits per heavy atom. The fourth-order valence-electron chi connectivity index (χ4n) is 6.64. The number of rotatable bonds is 16. The van der Waals surface area contributed by atoms with Crippen LogP contribution in [0.4, 0.5) is 14.9 Å². The Morgan fingerprint density at radius 3 is 2.36 bits per heavy atom. The summed E-state index contributed by atoms with van der Waals surface area (Å²) in [7, 11) is -2.16. The fraction of sp³-hybridized carbons (Fsp3) is 0.429. The van der Waals surface area contributed by atoms with Gasteiger partial charge in [0.2, 0.25) is 0 Å². The summed E-state index contributed by atoms with van der Waals surface area (Å²) >= 11 is 0. The standard InChI is InChI=1S/C35H45FN8O5Si/c1-8-24-16-28(30(36)29(17-24)48-14-15-49-50(21(2)3,22(4)5)23(6)7)31(32-42-34(45)44(43-32)33-38-12-9-13-39-33)41-27-11-10-25(19-37)26(18-27)20-40-35(46)47/h9-13,16-18,21-23,31,40-41H,8,14-15,20H2,1-7H3,(H,46,47)(H,42,43,45). The van der Waals surface area contributed by atoms with Crippen molar-refractivity contribution >= 4 is 20.1 Å². The van der Waals surface area contributed by atoms with Gasteiger partial charge in [-0.1, -0.05) is 54.5 Å². The maximum Gasteiger partial charge on any atom is 0.404 e. The lowest BCUT2D eigenvalue weighted by atomic mass is 9.99. The molecule has 0 spiro atoms. The van der Waals surface area contributed by atoms with E-state index >= 15 is 4.39 Å².